The molecular weight excluding hydrogens is 266 g/mol. The number of alkyl halides is 2. The van der Waals surface area contributed by atoms with Gasteiger partial charge in [0, 0.05) is 5.56 Å². The Bertz CT molecular complexity index is 350. The van der Waals surface area contributed by atoms with E-state index < -0.39 is 6.43 Å². The van der Waals surface area contributed by atoms with Crippen molar-refractivity contribution in [2.24, 2.45) is 5.92 Å². The fourth-order valence-corrected chi connectivity index (χ4v) is 1.85. The number of hydrogen-bond acceptors (Lipinski definition) is 1. The fraction of sp³-hybridized carbons (Fsp3) is 0.455. The molecule has 0 amide bonds. The summed E-state index contributed by atoms with van der Waals surface area (Å²) in [5, 5.41) is 0. The molecule has 2 rings (SSSR count). The molecule has 0 saturated heterocycles. The van der Waals surface area contributed by atoms with Crippen molar-refractivity contribution in [1.29, 1.82) is 0 Å². The molecule has 1 fully saturated rings. The molecule has 0 atom stereocenters. The summed E-state index contributed by atoms with van der Waals surface area (Å²) in [5.74, 6) is 1.13. The first-order valence-corrected chi connectivity index (χ1v) is 5.67. The van der Waals surface area contributed by atoms with Gasteiger partial charge in [0.15, 0.2) is 0 Å². The first-order valence-electron chi connectivity index (χ1n) is 4.88. The number of ether oxygens (including phenoxy) is 1. The van der Waals surface area contributed by atoms with Crippen molar-refractivity contribution in [2.75, 3.05) is 6.61 Å². The summed E-state index contributed by atoms with van der Waals surface area (Å²) in [6.45, 7) is 0.630. The lowest BCUT2D eigenvalue weighted by Crippen LogP contribution is -2.00. The minimum atomic E-state index is -2.47. The number of hydrogen-bond donors (Lipinski definition) is 0. The van der Waals surface area contributed by atoms with Crippen molar-refractivity contribution >= 4 is 15.9 Å². The van der Waals surface area contributed by atoms with E-state index in [-0.39, 0.29) is 5.56 Å². The molecule has 0 N–H and O–H groups in total. The quantitative estimate of drug-likeness (QED) is 0.802. The van der Waals surface area contributed by atoms with Crippen LogP contribution in [-0.2, 0) is 0 Å². The molecule has 0 heterocycles. The maximum atomic E-state index is 12.5. The number of benzene rings is 1. The molecule has 0 unspecified atom stereocenters. The molecule has 4 heteroatoms. The van der Waals surface area contributed by atoms with Crippen LogP contribution >= 0.6 is 15.9 Å². The smallest absolute Gasteiger partial charge is 0.265 e. The van der Waals surface area contributed by atoms with Gasteiger partial charge in [-0.3, -0.25) is 0 Å². The summed E-state index contributed by atoms with van der Waals surface area (Å²) in [5.41, 5.74) is -0.0108. The Hall–Kier alpha value is -0.640. The van der Waals surface area contributed by atoms with E-state index in [2.05, 4.69) is 15.9 Å². The second-order valence-electron chi connectivity index (χ2n) is 3.71. The molecule has 15 heavy (non-hydrogen) atoms. The molecule has 82 valence electrons. The van der Waals surface area contributed by atoms with Crippen molar-refractivity contribution < 1.29 is 13.5 Å². The van der Waals surface area contributed by atoms with Crippen molar-refractivity contribution in [3.63, 3.8) is 0 Å². The highest BCUT2D eigenvalue weighted by Gasteiger charge is 2.23. The van der Waals surface area contributed by atoms with E-state index in [4.69, 9.17) is 4.74 Å². The van der Waals surface area contributed by atoms with Crippen LogP contribution in [0.1, 0.15) is 24.8 Å². The third-order valence-corrected chi connectivity index (χ3v) is 3.25. The van der Waals surface area contributed by atoms with E-state index in [0.29, 0.717) is 22.7 Å². The van der Waals surface area contributed by atoms with Gasteiger partial charge in [-0.15, -0.1) is 0 Å². The molecule has 0 aromatic heterocycles. The Labute approximate surface area is 95.6 Å². The average molecular weight is 277 g/mol. The van der Waals surface area contributed by atoms with E-state index in [0.717, 1.165) is 0 Å². The van der Waals surface area contributed by atoms with Gasteiger partial charge < -0.3 is 4.74 Å². The highest BCUT2D eigenvalue weighted by molar-refractivity contribution is 9.10. The minimum Gasteiger partial charge on any atom is -0.492 e. The van der Waals surface area contributed by atoms with Crippen LogP contribution in [0.3, 0.4) is 0 Å². The summed E-state index contributed by atoms with van der Waals surface area (Å²) < 4.78 is 30.9. The van der Waals surface area contributed by atoms with Crippen molar-refractivity contribution in [2.45, 2.75) is 19.3 Å². The topological polar surface area (TPSA) is 9.23 Å². The first-order chi connectivity index (χ1) is 7.18. The number of halogens is 3. The summed E-state index contributed by atoms with van der Waals surface area (Å²) in [4.78, 5) is 0. The van der Waals surface area contributed by atoms with Crippen LogP contribution in [0.2, 0.25) is 0 Å². The van der Waals surface area contributed by atoms with Crippen LogP contribution in [0.5, 0.6) is 5.75 Å². The van der Waals surface area contributed by atoms with Gasteiger partial charge in [-0.1, -0.05) is 12.1 Å². The molecule has 1 aliphatic rings. The van der Waals surface area contributed by atoms with Crippen LogP contribution in [0, 0.1) is 5.92 Å². The van der Waals surface area contributed by atoms with Crippen LogP contribution in [-0.4, -0.2) is 6.61 Å². The standard InChI is InChI=1S/C11H11BrF2O/c12-10-8(11(13)14)2-1-3-9(10)15-6-7-4-5-7/h1-3,7,11H,4-6H2. The normalized spacial score (nSPS) is 15.7. The molecular formula is C11H11BrF2O. The van der Waals surface area contributed by atoms with Crippen molar-refractivity contribution in [3.05, 3.63) is 28.2 Å². The molecule has 1 saturated carbocycles. The van der Waals surface area contributed by atoms with Gasteiger partial charge in [-0.05, 0) is 40.8 Å². The van der Waals surface area contributed by atoms with E-state index in [1.807, 2.05) is 0 Å². The lowest BCUT2D eigenvalue weighted by atomic mass is 10.2. The van der Waals surface area contributed by atoms with Crippen molar-refractivity contribution in [1.82, 2.24) is 0 Å². The third kappa shape index (κ3) is 2.68. The summed E-state index contributed by atoms with van der Waals surface area (Å²) in [7, 11) is 0. The molecule has 1 aromatic carbocycles. The van der Waals surface area contributed by atoms with Gasteiger partial charge in [-0.2, -0.15) is 0 Å². The second-order valence-corrected chi connectivity index (χ2v) is 4.51. The molecule has 1 aromatic rings. The predicted octanol–water partition coefficient (Wildman–Crippen LogP) is 4.18. The number of rotatable bonds is 4. The first kappa shape index (κ1) is 10.9. The molecule has 1 aliphatic carbocycles. The SMILES string of the molecule is FC(F)c1cccc(OCC2CC2)c1Br. The Morgan fingerprint density at radius 2 is 2.13 bits per heavy atom. The molecule has 0 bridgehead atoms. The Kier molecular flexibility index (Phi) is 3.24. The van der Waals surface area contributed by atoms with Gasteiger partial charge in [0.1, 0.15) is 5.75 Å². The minimum absolute atomic E-state index is 0.0108. The van der Waals surface area contributed by atoms with E-state index in [1.54, 1.807) is 12.1 Å². The second kappa shape index (κ2) is 4.47. The lowest BCUT2D eigenvalue weighted by molar-refractivity contribution is 0.149. The largest absolute Gasteiger partial charge is 0.492 e. The fourth-order valence-electron chi connectivity index (χ4n) is 1.30. The Balaban J connectivity index is 2.11. The van der Waals surface area contributed by atoms with E-state index in [9.17, 15) is 8.78 Å². The monoisotopic (exact) mass is 276 g/mol. The summed E-state index contributed by atoms with van der Waals surface area (Å²) in [6, 6.07) is 4.70. The molecule has 0 radical (unpaired) electrons. The lowest BCUT2D eigenvalue weighted by Gasteiger charge is -2.10. The van der Waals surface area contributed by atoms with Crippen LogP contribution in [0.15, 0.2) is 22.7 Å². The zero-order valence-electron chi connectivity index (χ0n) is 8.05. The van der Waals surface area contributed by atoms with Crippen molar-refractivity contribution in [3.8, 4) is 5.75 Å². The van der Waals surface area contributed by atoms with Gasteiger partial charge in [0.2, 0.25) is 0 Å². The molecule has 0 spiro atoms. The van der Waals surface area contributed by atoms with Crippen LogP contribution in [0.4, 0.5) is 8.78 Å². The summed E-state index contributed by atoms with van der Waals surface area (Å²) in [6.07, 6.45) is -0.0953. The highest BCUT2D eigenvalue weighted by atomic mass is 79.9. The Morgan fingerprint density at radius 3 is 2.73 bits per heavy atom. The maximum absolute atomic E-state index is 12.5. The predicted molar refractivity (Wildman–Crippen MR) is 57.3 cm³/mol. The molecule has 1 nitrogen and oxygen atoms in total. The third-order valence-electron chi connectivity index (χ3n) is 2.40. The van der Waals surface area contributed by atoms with Gasteiger partial charge >= 0.3 is 0 Å². The average Bonchev–Trinajstić information content (AvgIpc) is 2.99. The van der Waals surface area contributed by atoms with E-state index >= 15 is 0 Å². The Morgan fingerprint density at radius 1 is 1.40 bits per heavy atom. The van der Waals surface area contributed by atoms with Gasteiger partial charge in [-0.25, -0.2) is 8.78 Å². The van der Waals surface area contributed by atoms with Gasteiger partial charge in [0.05, 0.1) is 11.1 Å². The zero-order chi connectivity index (χ0) is 10.8. The van der Waals surface area contributed by atoms with Gasteiger partial charge in [0.25, 0.3) is 6.43 Å². The maximum Gasteiger partial charge on any atom is 0.265 e. The van der Waals surface area contributed by atoms with Crippen LogP contribution < -0.4 is 4.74 Å². The van der Waals surface area contributed by atoms with E-state index in [1.165, 1.54) is 18.9 Å². The highest BCUT2D eigenvalue weighted by Crippen LogP contribution is 2.36. The summed E-state index contributed by atoms with van der Waals surface area (Å²) >= 11 is 3.15. The molecule has 0 aliphatic heterocycles. The zero-order valence-corrected chi connectivity index (χ0v) is 9.64. The van der Waals surface area contributed by atoms with Crippen LogP contribution in [0.25, 0.3) is 0 Å².